The standard InChI is InChI=1S/C13H13N3O/c1-3-5-6-10-13-15-11(12(17)4-2)9-16(13)8-7-14-10/h3-4,7-9H,1-2,5-6H2. The number of imidazole rings is 1. The Kier molecular flexibility index (Phi) is 3.14. The van der Waals surface area contributed by atoms with Crippen LogP contribution >= 0.6 is 0 Å². The summed E-state index contributed by atoms with van der Waals surface area (Å²) in [5.74, 6) is -0.177. The van der Waals surface area contributed by atoms with Crippen LogP contribution in [0.3, 0.4) is 0 Å². The van der Waals surface area contributed by atoms with E-state index in [9.17, 15) is 4.79 Å². The molecule has 2 rings (SSSR count). The first kappa shape index (κ1) is 11.3. The van der Waals surface area contributed by atoms with E-state index in [0.717, 1.165) is 24.2 Å². The van der Waals surface area contributed by atoms with Crippen molar-refractivity contribution in [1.29, 1.82) is 0 Å². The molecule has 0 amide bonds. The number of allylic oxidation sites excluding steroid dienone is 2. The second kappa shape index (κ2) is 4.74. The summed E-state index contributed by atoms with van der Waals surface area (Å²) in [7, 11) is 0. The molecule has 0 fully saturated rings. The van der Waals surface area contributed by atoms with Crippen LogP contribution < -0.4 is 0 Å². The number of aryl methyl sites for hydroxylation is 1. The van der Waals surface area contributed by atoms with Crippen LogP contribution in [0.1, 0.15) is 22.6 Å². The molecule has 4 nitrogen and oxygen atoms in total. The summed E-state index contributed by atoms with van der Waals surface area (Å²) in [6, 6.07) is 0. The number of fused-ring (bicyclic) bond motifs is 1. The normalized spacial score (nSPS) is 10.4. The fourth-order valence-electron chi connectivity index (χ4n) is 1.61. The molecule has 17 heavy (non-hydrogen) atoms. The van der Waals surface area contributed by atoms with Gasteiger partial charge in [0, 0.05) is 18.6 Å². The van der Waals surface area contributed by atoms with Crippen molar-refractivity contribution in [1.82, 2.24) is 14.4 Å². The summed E-state index contributed by atoms with van der Waals surface area (Å²) < 4.78 is 1.81. The van der Waals surface area contributed by atoms with E-state index in [2.05, 4.69) is 23.1 Å². The van der Waals surface area contributed by atoms with Gasteiger partial charge in [-0.2, -0.15) is 0 Å². The highest BCUT2D eigenvalue weighted by atomic mass is 16.1. The van der Waals surface area contributed by atoms with Gasteiger partial charge >= 0.3 is 0 Å². The van der Waals surface area contributed by atoms with Crippen molar-refractivity contribution in [2.75, 3.05) is 0 Å². The average Bonchev–Trinajstić information content (AvgIpc) is 2.79. The van der Waals surface area contributed by atoms with E-state index in [0.29, 0.717) is 5.69 Å². The van der Waals surface area contributed by atoms with Crippen molar-refractivity contribution >= 4 is 11.4 Å². The number of aromatic nitrogens is 3. The molecule has 2 heterocycles. The van der Waals surface area contributed by atoms with E-state index >= 15 is 0 Å². The molecule has 0 spiro atoms. The second-order valence-corrected chi connectivity index (χ2v) is 3.63. The Morgan fingerprint density at radius 3 is 3.00 bits per heavy atom. The molecule has 0 atom stereocenters. The first-order valence-corrected chi connectivity index (χ1v) is 5.36. The quantitative estimate of drug-likeness (QED) is 0.447. The molecule has 0 aliphatic rings. The Morgan fingerprint density at radius 1 is 1.47 bits per heavy atom. The van der Waals surface area contributed by atoms with Gasteiger partial charge in [-0.3, -0.25) is 9.78 Å². The SMILES string of the molecule is C=CCCc1nccn2cc(C(=O)C=C)nc12. The number of hydrogen-bond acceptors (Lipinski definition) is 3. The number of nitrogens with zero attached hydrogens (tertiary/aromatic N) is 3. The molecule has 0 N–H and O–H groups in total. The number of rotatable bonds is 5. The van der Waals surface area contributed by atoms with Crippen molar-refractivity contribution in [3.63, 3.8) is 0 Å². The first-order chi connectivity index (χ1) is 8.26. The van der Waals surface area contributed by atoms with Gasteiger partial charge in [0.1, 0.15) is 5.69 Å². The van der Waals surface area contributed by atoms with E-state index < -0.39 is 0 Å². The highest BCUT2D eigenvalue weighted by molar-refractivity contribution is 6.03. The fourth-order valence-corrected chi connectivity index (χ4v) is 1.61. The molecule has 0 aromatic carbocycles. The Balaban J connectivity index is 2.48. The molecular formula is C13H13N3O. The Labute approximate surface area is 99.3 Å². The maximum absolute atomic E-state index is 11.5. The molecule has 0 unspecified atom stereocenters. The molecule has 86 valence electrons. The van der Waals surface area contributed by atoms with Crippen molar-refractivity contribution in [2.45, 2.75) is 12.8 Å². The lowest BCUT2D eigenvalue weighted by Gasteiger charge is -1.99. The summed E-state index contributed by atoms with van der Waals surface area (Å²) in [6.45, 7) is 7.13. The molecular weight excluding hydrogens is 214 g/mol. The van der Waals surface area contributed by atoms with Gasteiger partial charge in [0.05, 0.1) is 5.69 Å². The molecule has 0 aliphatic carbocycles. The molecule has 0 saturated carbocycles. The highest BCUT2D eigenvalue weighted by Crippen LogP contribution is 2.11. The molecule has 4 heteroatoms. The summed E-state index contributed by atoms with van der Waals surface area (Å²) >= 11 is 0. The maximum Gasteiger partial charge on any atom is 0.205 e. The minimum absolute atomic E-state index is 0.177. The Bertz CT molecular complexity index is 583. The van der Waals surface area contributed by atoms with Crippen LogP contribution in [0.4, 0.5) is 0 Å². The van der Waals surface area contributed by atoms with Gasteiger partial charge in [0.25, 0.3) is 0 Å². The third kappa shape index (κ3) is 2.15. The summed E-state index contributed by atoms with van der Waals surface area (Å²) in [6.07, 6.45) is 9.88. The topological polar surface area (TPSA) is 47.3 Å². The van der Waals surface area contributed by atoms with E-state index in [1.807, 2.05) is 10.5 Å². The number of hydrogen-bond donors (Lipinski definition) is 0. The van der Waals surface area contributed by atoms with Crippen LogP contribution in [-0.4, -0.2) is 20.2 Å². The molecule has 0 aliphatic heterocycles. The van der Waals surface area contributed by atoms with Crippen molar-refractivity contribution in [3.05, 3.63) is 55.3 Å². The average molecular weight is 227 g/mol. The zero-order valence-corrected chi connectivity index (χ0v) is 9.47. The first-order valence-electron chi connectivity index (χ1n) is 5.36. The second-order valence-electron chi connectivity index (χ2n) is 3.63. The van der Waals surface area contributed by atoms with Gasteiger partial charge in [-0.05, 0) is 18.9 Å². The number of carbonyl (C=O) groups is 1. The zero-order chi connectivity index (χ0) is 12.3. The Hall–Kier alpha value is -2.23. The predicted octanol–water partition coefficient (Wildman–Crippen LogP) is 2.22. The Morgan fingerprint density at radius 2 is 2.29 bits per heavy atom. The van der Waals surface area contributed by atoms with Crippen LogP contribution in [-0.2, 0) is 6.42 Å². The summed E-state index contributed by atoms with van der Waals surface area (Å²) in [5, 5.41) is 0. The van der Waals surface area contributed by atoms with Crippen LogP contribution in [0.15, 0.2) is 43.9 Å². The largest absolute Gasteiger partial charge is 0.303 e. The highest BCUT2D eigenvalue weighted by Gasteiger charge is 2.10. The number of carbonyl (C=O) groups excluding carboxylic acids is 1. The third-order valence-electron chi connectivity index (χ3n) is 2.47. The molecule has 2 aromatic rings. The van der Waals surface area contributed by atoms with Gasteiger partial charge in [-0.1, -0.05) is 12.7 Å². The zero-order valence-electron chi connectivity index (χ0n) is 9.47. The van der Waals surface area contributed by atoms with Gasteiger partial charge in [0.2, 0.25) is 5.78 Å². The van der Waals surface area contributed by atoms with Gasteiger partial charge in [-0.25, -0.2) is 4.98 Å². The molecule has 2 aromatic heterocycles. The van der Waals surface area contributed by atoms with Crippen molar-refractivity contribution < 1.29 is 4.79 Å². The van der Waals surface area contributed by atoms with Gasteiger partial charge in [0.15, 0.2) is 5.65 Å². The van der Waals surface area contributed by atoms with E-state index in [1.165, 1.54) is 6.08 Å². The van der Waals surface area contributed by atoms with Gasteiger partial charge in [-0.15, -0.1) is 6.58 Å². The van der Waals surface area contributed by atoms with Crippen molar-refractivity contribution in [2.24, 2.45) is 0 Å². The van der Waals surface area contributed by atoms with Crippen LogP contribution in [0.2, 0.25) is 0 Å². The molecule has 0 radical (unpaired) electrons. The van der Waals surface area contributed by atoms with Crippen molar-refractivity contribution in [3.8, 4) is 0 Å². The van der Waals surface area contributed by atoms with Gasteiger partial charge < -0.3 is 4.40 Å². The van der Waals surface area contributed by atoms with E-state index in [4.69, 9.17) is 0 Å². The minimum atomic E-state index is -0.177. The summed E-state index contributed by atoms with van der Waals surface area (Å²) in [5.41, 5.74) is 1.99. The lowest BCUT2D eigenvalue weighted by Crippen LogP contribution is -1.95. The fraction of sp³-hybridized carbons (Fsp3) is 0.154. The molecule has 0 bridgehead atoms. The number of ketones is 1. The van der Waals surface area contributed by atoms with Crippen LogP contribution in [0.25, 0.3) is 5.65 Å². The van der Waals surface area contributed by atoms with E-state index in [1.54, 1.807) is 18.6 Å². The van der Waals surface area contributed by atoms with E-state index in [-0.39, 0.29) is 5.78 Å². The monoisotopic (exact) mass is 227 g/mol. The minimum Gasteiger partial charge on any atom is -0.303 e. The lowest BCUT2D eigenvalue weighted by atomic mass is 10.2. The molecule has 0 saturated heterocycles. The van der Waals surface area contributed by atoms with Crippen LogP contribution in [0.5, 0.6) is 0 Å². The smallest absolute Gasteiger partial charge is 0.205 e. The third-order valence-corrected chi connectivity index (χ3v) is 2.47. The van der Waals surface area contributed by atoms with Crippen LogP contribution in [0, 0.1) is 0 Å². The predicted molar refractivity (Wildman–Crippen MR) is 66.0 cm³/mol. The maximum atomic E-state index is 11.5. The lowest BCUT2D eigenvalue weighted by molar-refractivity contribution is 0.104. The summed E-state index contributed by atoms with van der Waals surface area (Å²) in [4.78, 5) is 20.0.